The van der Waals surface area contributed by atoms with E-state index in [2.05, 4.69) is 20.3 Å². The first kappa shape index (κ1) is 28.0. The van der Waals surface area contributed by atoms with Crippen LogP contribution < -0.4 is 15.0 Å². The summed E-state index contributed by atoms with van der Waals surface area (Å²) in [6, 6.07) is 8.88. The number of rotatable bonds is 7. The molecule has 1 N–H and O–H groups in total. The normalized spacial score (nSPS) is 20.1. The number of amides is 1. The molecule has 2 fully saturated rings. The van der Waals surface area contributed by atoms with Crippen molar-refractivity contribution in [2.45, 2.75) is 64.5 Å². The number of alkyl halides is 2. The zero-order valence-electron chi connectivity index (χ0n) is 23.1. The van der Waals surface area contributed by atoms with Gasteiger partial charge in [0, 0.05) is 25.2 Å². The smallest absolute Gasteiger partial charge is 0.407 e. The van der Waals surface area contributed by atoms with Crippen LogP contribution in [-0.2, 0) is 9.47 Å². The number of hydrogen-bond acceptors (Lipinski definition) is 8. The van der Waals surface area contributed by atoms with E-state index in [4.69, 9.17) is 14.2 Å². The number of aromatic nitrogens is 4. The van der Waals surface area contributed by atoms with Crippen molar-refractivity contribution in [1.29, 1.82) is 0 Å². The fourth-order valence-electron chi connectivity index (χ4n) is 5.11. The maximum atomic E-state index is 14.1. The lowest BCUT2D eigenvalue weighted by Gasteiger charge is -2.30. The molecule has 1 saturated heterocycles. The maximum absolute atomic E-state index is 14.1. The van der Waals surface area contributed by atoms with Gasteiger partial charge in [0.05, 0.1) is 30.9 Å². The lowest BCUT2D eigenvalue weighted by atomic mass is 9.86. The first-order chi connectivity index (χ1) is 19.2. The molecule has 3 heterocycles. The second-order valence-electron chi connectivity index (χ2n) is 11.2. The van der Waals surface area contributed by atoms with E-state index in [1.165, 1.54) is 4.57 Å². The van der Waals surface area contributed by atoms with E-state index in [1.807, 2.05) is 25.7 Å². The van der Waals surface area contributed by atoms with Crippen molar-refractivity contribution in [1.82, 2.24) is 24.8 Å². The Morgan fingerprint density at radius 1 is 1.07 bits per heavy atom. The Morgan fingerprint density at radius 3 is 2.48 bits per heavy atom. The number of anilines is 1. The van der Waals surface area contributed by atoms with Crippen LogP contribution in [-0.4, -0.2) is 70.2 Å². The Kier molecular flexibility index (Phi) is 8.34. The predicted octanol–water partition coefficient (Wildman–Crippen LogP) is 5.05. The number of ether oxygens (including phenoxy) is 3. The average molecular weight is 559 g/mol. The lowest BCUT2D eigenvalue weighted by Crippen LogP contribution is -2.41. The van der Waals surface area contributed by atoms with Gasteiger partial charge in [0.25, 0.3) is 6.43 Å². The molecule has 2 aromatic heterocycles. The van der Waals surface area contributed by atoms with Crippen LogP contribution in [0.1, 0.15) is 58.7 Å². The third-order valence-electron chi connectivity index (χ3n) is 7.04. The van der Waals surface area contributed by atoms with Gasteiger partial charge in [-0.3, -0.25) is 4.57 Å². The van der Waals surface area contributed by atoms with E-state index in [0.717, 1.165) is 25.7 Å². The number of para-hydroxylation sites is 2. The molecule has 1 aliphatic carbocycles. The van der Waals surface area contributed by atoms with Crippen LogP contribution >= 0.6 is 0 Å². The van der Waals surface area contributed by atoms with E-state index < -0.39 is 18.1 Å². The van der Waals surface area contributed by atoms with Crippen molar-refractivity contribution in [3.63, 3.8) is 0 Å². The van der Waals surface area contributed by atoms with Crippen molar-refractivity contribution in [2.24, 2.45) is 5.92 Å². The molecule has 2 aliphatic rings. The summed E-state index contributed by atoms with van der Waals surface area (Å²) >= 11 is 0. The summed E-state index contributed by atoms with van der Waals surface area (Å²) in [7, 11) is 0. The monoisotopic (exact) mass is 558 g/mol. The Hall–Kier alpha value is -3.54. The van der Waals surface area contributed by atoms with Gasteiger partial charge in [-0.2, -0.15) is 9.97 Å². The summed E-state index contributed by atoms with van der Waals surface area (Å²) in [5.41, 5.74) is 0.456. The molecule has 10 nitrogen and oxygen atoms in total. The van der Waals surface area contributed by atoms with Crippen molar-refractivity contribution >= 4 is 22.9 Å². The summed E-state index contributed by atoms with van der Waals surface area (Å²) in [6.07, 6.45) is 0.153. The highest BCUT2D eigenvalue weighted by Crippen LogP contribution is 2.30. The molecule has 40 heavy (non-hydrogen) atoms. The van der Waals surface area contributed by atoms with Gasteiger partial charge in [0.1, 0.15) is 17.2 Å². The highest BCUT2D eigenvalue weighted by atomic mass is 19.3. The SMILES string of the molecule is CC(C)(C)OC(=O)N[C@H]1CC[C@H](COc2nc(N3CCOCC3)cc(-n3c(C(F)F)nc4ccccc43)n2)CC1. The largest absolute Gasteiger partial charge is 0.463 e. The van der Waals surface area contributed by atoms with Crippen LogP contribution in [0.2, 0.25) is 0 Å². The standard InChI is InChI=1S/C28H36F2N6O4/c1-28(2,3)40-27(37)31-19-10-8-18(9-11-19)17-39-26-33-22(35-12-14-38-15-13-35)16-23(34-26)36-21-7-5-4-6-20(21)32-25(36)24(29)30/h4-7,16,18-19,24H,8-15,17H2,1-3H3,(H,31,37)/t18-,19-. The van der Waals surface area contributed by atoms with Gasteiger partial charge in [0.15, 0.2) is 5.82 Å². The molecule has 216 valence electrons. The van der Waals surface area contributed by atoms with Crippen LogP contribution in [0.4, 0.5) is 19.4 Å². The van der Waals surface area contributed by atoms with Crippen molar-refractivity contribution in [2.75, 3.05) is 37.8 Å². The van der Waals surface area contributed by atoms with E-state index in [0.29, 0.717) is 49.8 Å². The summed E-state index contributed by atoms with van der Waals surface area (Å²) in [6.45, 7) is 8.24. The summed E-state index contributed by atoms with van der Waals surface area (Å²) in [5, 5.41) is 2.95. The molecular weight excluding hydrogens is 522 g/mol. The molecule has 1 aliphatic heterocycles. The van der Waals surface area contributed by atoms with Gasteiger partial charge in [-0.1, -0.05) is 12.1 Å². The van der Waals surface area contributed by atoms with E-state index in [-0.39, 0.29) is 29.6 Å². The maximum Gasteiger partial charge on any atom is 0.407 e. The number of halogens is 2. The van der Waals surface area contributed by atoms with Gasteiger partial charge < -0.3 is 24.4 Å². The zero-order valence-corrected chi connectivity index (χ0v) is 23.1. The van der Waals surface area contributed by atoms with E-state index in [9.17, 15) is 13.6 Å². The van der Waals surface area contributed by atoms with Gasteiger partial charge in [-0.25, -0.2) is 18.6 Å². The van der Waals surface area contributed by atoms with Crippen molar-refractivity contribution in [3.8, 4) is 11.8 Å². The molecular formula is C28H36F2N6O4. The number of alkyl carbamates (subject to hydrolysis) is 1. The van der Waals surface area contributed by atoms with Crippen molar-refractivity contribution < 1.29 is 27.8 Å². The van der Waals surface area contributed by atoms with Gasteiger partial charge in [-0.05, 0) is 64.5 Å². The zero-order chi connectivity index (χ0) is 28.3. The fraction of sp³-hybridized carbons (Fsp3) is 0.571. The molecule has 0 unspecified atom stereocenters. The van der Waals surface area contributed by atoms with Crippen LogP contribution in [0.15, 0.2) is 30.3 Å². The molecule has 1 aromatic carbocycles. The molecule has 0 atom stereocenters. The van der Waals surface area contributed by atoms with Gasteiger partial charge >= 0.3 is 12.1 Å². The fourth-order valence-corrected chi connectivity index (χ4v) is 5.11. The molecule has 0 radical (unpaired) electrons. The number of hydrogen-bond donors (Lipinski definition) is 1. The minimum absolute atomic E-state index is 0.0564. The predicted molar refractivity (Wildman–Crippen MR) is 145 cm³/mol. The molecule has 0 bridgehead atoms. The number of nitrogens with zero attached hydrogens (tertiary/aromatic N) is 5. The third-order valence-corrected chi connectivity index (χ3v) is 7.04. The first-order valence-corrected chi connectivity index (χ1v) is 13.8. The van der Waals surface area contributed by atoms with Crippen LogP contribution in [0, 0.1) is 5.92 Å². The van der Waals surface area contributed by atoms with E-state index in [1.54, 1.807) is 30.3 Å². The third kappa shape index (κ3) is 6.78. The van der Waals surface area contributed by atoms with Crippen LogP contribution in [0.5, 0.6) is 6.01 Å². The molecule has 1 saturated carbocycles. The lowest BCUT2D eigenvalue weighted by molar-refractivity contribution is 0.0483. The topological polar surface area (TPSA) is 104 Å². The number of imidazole rings is 1. The van der Waals surface area contributed by atoms with Crippen LogP contribution in [0.25, 0.3) is 16.9 Å². The molecule has 12 heteroatoms. The first-order valence-electron chi connectivity index (χ1n) is 13.8. The molecule has 1 amide bonds. The Morgan fingerprint density at radius 2 is 1.77 bits per heavy atom. The summed E-state index contributed by atoms with van der Waals surface area (Å²) in [4.78, 5) is 27.5. The number of carbonyl (C=O) groups is 1. The minimum Gasteiger partial charge on any atom is -0.463 e. The number of fused-ring (bicyclic) bond motifs is 1. The number of morpholine rings is 1. The Balaban J connectivity index is 1.33. The number of benzene rings is 1. The highest BCUT2D eigenvalue weighted by molar-refractivity contribution is 5.78. The minimum atomic E-state index is -2.79. The Labute approximate surface area is 232 Å². The summed E-state index contributed by atoms with van der Waals surface area (Å²) < 4.78 is 46.5. The second-order valence-corrected chi connectivity index (χ2v) is 11.2. The van der Waals surface area contributed by atoms with Crippen molar-refractivity contribution in [3.05, 3.63) is 36.2 Å². The highest BCUT2D eigenvalue weighted by Gasteiger charge is 2.27. The molecule has 3 aromatic rings. The van der Waals surface area contributed by atoms with E-state index >= 15 is 0 Å². The Bertz CT molecular complexity index is 1310. The number of nitrogens with one attached hydrogen (secondary N) is 1. The van der Waals surface area contributed by atoms with Gasteiger partial charge in [-0.15, -0.1) is 0 Å². The number of carbonyl (C=O) groups excluding carboxylic acids is 1. The van der Waals surface area contributed by atoms with Crippen LogP contribution in [0.3, 0.4) is 0 Å². The van der Waals surface area contributed by atoms with Gasteiger partial charge in [0.2, 0.25) is 0 Å². The quantitative estimate of drug-likeness (QED) is 0.430. The summed E-state index contributed by atoms with van der Waals surface area (Å²) in [5.74, 6) is 0.739. The average Bonchev–Trinajstić information content (AvgIpc) is 3.32. The molecule has 0 spiro atoms. The molecule has 5 rings (SSSR count). The second kappa shape index (κ2) is 11.9.